The van der Waals surface area contributed by atoms with Crippen LogP contribution >= 0.6 is 27.5 Å². The van der Waals surface area contributed by atoms with Crippen LogP contribution in [0, 0.1) is 0 Å². The molecule has 1 aliphatic heterocycles. The number of nitrogens with one attached hydrogen (secondary N) is 2. The number of hydrogen-bond donors (Lipinski definition) is 2. The van der Waals surface area contributed by atoms with Gasteiger partial charge < -0.3 is 4.98 Å². The normalized spacial score (nSPS) is 15.7. The number of benzene rings is 1. The van der Waals surface area contributed by atoms with E-state index in [1.165, 1.54) is 6.42 Å². The highest BCUT2D eigenvalue weighted by molar-refractivity contribution is 9.10. The number of carbonyl (C=O) groups is 1. The van der Waals surface area contributed by atoms with Gasteiger partial charge in [0.2, 0.25) is 0 Å². The Bertz CT molecular complexity index is 682. The number of rotatable bonds is 3. The summed E-state index contributed by atoms with van der Waals surface area (Å²) >= 11 is 9.54. The van der Waals surface area contributed by atoms with Crippen molar-refractivity contribution in [3.63, 3.8) is 0 Å². The Labute approximate surface area is 142 Å². The Kier molecular flexibility index (Phi) is 4.81. The fourth-order valence-electron chi connectivity index (χ4n) is 2.49. The average molecular weight is 384 g/mol. The highest BCUT2D eigenvalue weighted by atomic mass is 79.9. The van der Waals surface area contributed by atoms with Gasteiger partial charge in [0.05, 0.1) is 5.02 Å². The Balaban J connectivity index is 1.80. The lowest BCUT2D eigenvalue weighted by atomic mass is 10.2. The topological polar surface area (TPSA) is 61.0 Å². The highest BCUT2D eigenvalue weighted by Gasteiger charge is 2.20. The number of imidazole rings is 1. The lowest BCUT2D eigenvalue weighted by Gasteiger charge is -2.26. The van der Waals surface area contributed by atoms with Gasteiger partial charge >= 0.3 is 0 Å². The second-order valence-electron chi connectivity index (χ2n) is 5.22. The summed E-state index contributed by atoms with van der Waals surface area (Å²) in [5.41, 5.74) is 4.00. The minimum absolute atomic E-state index is 0.219. The monoisotopic (exact) mass is 382 g/mol. The van der Waals surface area contributed by atoms with Gasteiger partial charge in [-0.3, -0.25) is 10.2 Å². The number of aromatic nitrogens is 2. The van der Waals surface area contributed by atoms with Crippen LogP contribution in [0.3, 0.4) is 0 Å². The molecule has 7 heteroatoms. The first kappa shape index (κ1) is 15.5. The SMILES string of the molecule is O=C(NN1CCCCC1)c1nc(-c2ccccc2Cl)[nH]c1Br. The number of halogens is 2. The molecule has 0 atom stereocenters. The molecular formula is C15H16BrClN4O. The number of H-pyrrole nitrogens is 1. The van der Waals surface area contributed by atoms with Crippen molar-refractivity contribution in [3.8, 4) is 11.4 Å². The smallest absolute Gasteiger partial charge is 0.286 e. The van der Waals surface area contributed by atoms with Crippen molar-refractivity contribution < 1.29 is 4.79 Å². The van der Waals surface area contributed by atoms with Crippen LogP contribution in [-0.2, 0) is 0 Å². The zero-order valence-electron chi connectivity index (χ0n) is 11.9. The van der Waals surface area contributed by atoms with Crippen molar-refractivity contribution in [1.29, 1.82) is 0 Å². The maximum Gasteiger partial charge on any atom is 0.286 e. The van der Waals surface area contributed by atoms with Gasteiger partial charge in [0.1, 0.15) is 10.4 Å². The molecule has 0 unspecified atom stereocenters. The van der Waals surface area contributed by atoms with Crippen molar-refractivity contribution in [2.75, 3.05) is 13.1 Å². The van der Waals surface area contributed by atoms with E-state index in [0.717, 1.165) is 31.5 Å². The third kappa shape index (κ3) is 3.34. The maximum absolute atomic E-state index is 12.4. The van der Waals surface area contributed by atoms with Gasteiger partial charge in [0.15, 0.2) is 5.69 Å². The Morgan fingerprint density at radius 2 is 2.00 bits per heavy atom. The molecule has 2 heterocycles. The van der Waals surface area contributed by atoms with Crippen LogP contribution in [0.1, 0.15) is 29.8 Å². The van der Waals surface area contributed by atoms with E-state index in [-0.39, 0.29) is 5.91 Å². The molecule has 5 nitrogen and oxygen atoms in total. The summed E-state index contributed by atoms with van der Waals surface area (Å²) in [6.45, 7) is 1.76. The summed E-state index contributed by atoms with van der Waals surface area (Å²) < 4.78 is 0.553. The zero-order valence-corrected chi connectivity index (χ0v) is 14.2. The first-order valence-electron chi connectivity index (χ1n) is 7.21. The van der Waals surface area contributed by atoms with Gasteiger partial charge in [-0.25, -0.2) is 9.99 Å². The maximum atomic E-state index is 12.4. The van der Waals surface area contributed by atoms with Crippen molar-refractivity contribution in [2.45, 2.75) is 19.3 Å². The lowest BCUT2D eigenvalue weighted by molar-refractivity contribution is 0.0744. The molecule has 0 spiro atoms. The fourth-order valence-corrected chi connectivity index (χ4v) is 3.17. The number of piperidine rings is 1. The quantitative estimate of drug-likeness (QED) is 0.851. The van der Waals surface area contributed by atoms with Gasteiger partial charge in [0.25, 0.3) is 5.91 Å². The number of nitrogens with zero attached hydrogens (tertiary/aromatic N) is 2. The van der Waals surface area contributed by atoms with Crippen LogP contribution in [-0.4, -0.2) is 34.0 Å². The van der Waals surface area contributed by atoms with E-state index in [1.54, 1.807) is 6.07 Å². The molecule has 3 rings (SSSR count). The minimum atomic E-state index is -0.219. The average Bonchev–Trinajstić information content (AvgIpc) is 2.90. The van der Waals surface area contributed by atoms with E-state index < -0.39 is 0 Å². The van der Waals surface area contributed by atoms with Crippen molar-refractivity contribution in [2.24, 2.45) is 0 Å². The second-order valence-corrected chi connectivity index (χ2v) is 6.42. The first-order chi connectivity index (χ1) is 10.6. The van der Waals surface area contributed by atoms with Crippen molar-refractivity contribution in [3.05, 3.63) is 39.6 Å². The number of hydrazine groups is 1. The molecule has 0 aliphatic carbocycles. The van der Waals surface area contributed by atoms with E-state index >= 15 is 0 Å². The van der Waals surface area contributed by atoms with E-state index in [1.807, 2.05) is 23.2 Å². The molecule has 2 aromatic rings. The van der Waals surface area contributed by atoms with E-state index in [2.05, 4.69) is 31.3 Å². The molecule has 0 bridgehead atoms. The predicted octanol–water partition coefficient (Wildman–Crippen LogP) is 3.62. The number of carbonyl (C=O) groups excluding carboxylic acids is 1. The third-order valence-corrected chi connectivity index (χ3v) is 4.52. The minimum Gasteiger partial charge on any atom is -0.332 e. The van der Waals surface area contributed by atoms with Crippen LogP contribution in [0.15, 0.2) is 28.9 Å². The number of amides is 1. The molecule has 1 aromatic carbocycles. The lowest BCUT2D eigenvalue weighted by Crippen LogP contribution is -2.45. The molecule has 1 saturated heterocycles. The summed E-state index contributed by atoms with van der Waals surface area (Å²) in [5.74, 6) is 0.351. The summed E-state index contributed by atoms with van der Waals surface area (Å²) in [4.78, 5) is 19.8. The summed E-state index contributed by atoms with van der Waals surface area (Å²) in [5, 5.41) is 2.54. The standard InChI is InChI=1S/C15H16BrClN4O/c16-13-12(15(22)20-21-8-4-1-5-9-21)18-14(19-13)10-6-2-3-7-11(10)17/h2-3,6-7H,1,4-5,8-9H2,(H,18,19)(H,20,22). The number of hydrogen-bond acceptors (Lipinski definition) is 3. The molecular weight excluding hydrogens is 368 g/mol. The van der Waals surface area contributed by atoms with E-state index in [0.29, 0.717) is 21.1 Å². The predicted molar refractivity (Wildman–Crippen MR) is 89.6 cm³/mol. The van der Waals surface area contributed by atoms with Crippen molar-refractivity contribution in [1.82, 2.24) is 20.4 Å². The van der Waals surface area contributed by atoms with Gasteiger partial charge in [-0.1, -0.05) is 30.2 Å². The molecule has 116 valence electrons. The van der Waals surface area contributed by atoms with Gasteiger partial charge in [0, 0.05) is 18.7 Å². The molecule has 0 saturated carbocycles. The molecule has 2 N–H and O–H groups in total. The molecule has 0 radical (unpaired) electrons. The summed E-state index contributed by atoms with van der Waals surface area (Å²) in [6.07, 6.45) is 3.43. The Morgan fingerprint density at radius 1 is 1.27 bits per heavy atom. The van der Waals surface area contributed by atoms with Gasteiger partial charge in [-0.15, -0.1) is 0 Å². The van der Waals surface area contributed by atoms with Gasteiger partial charge in [-0.05, 0) is 40.9 Å². The highest BCUT2D eigenvalue weighted by Crippen LogP contribution is 2.27. The molecule has 1 aliphatic rings. The Hall–Kier alpha value is -1.37. The van der Waals surface area contributed by atoms with Crippen LogP contribution in [0.5, 0.6) is 0 Å². The fraction of sp³-hybridized carbons (Fsp3) is 0.333. The molecule has 1 aromatic heterocycles. The molecule has 1 amide bonds. The summed E-state index contributed by atoms with van der Waals surface area (Å²) in [7, 11) is 0. The van der Waals surface area contributed by atoms with Crippen molar-refractivity contribution >= 4 is 33.4 Å². The second kappa shape index (κ2) is 6.81. The zero-order chi connectivity index (χ0) is 15.5. The van der Waals surface area contributed by atoms with Crippen LogP contribution in [0.4, 0.5) is 0 Å². The first-order valence-corrected chi connectivity index (χ1v) is 8.38. The Morgan fingerprint density at radius 3 is 2.73 bits per heavy atom. The van der Waals surface area contributed by atoms with Crippen LogP contribution < -0.4 is 5.43 Å². The largest absolute Gasteiger partial charge is 0.332 e. The third-order valence-electron chi connectivity index (χ3n) is 3.62. The van der Waals surface area contributed by atoms with Crippen LogP contribution in [0.2, 0.25) is 5.02 Å². The summed E-state index contributed by atoms with van der Waals surface area (Å²) in [6, 6.07) is 7.39. The van der Waals surface area contributed by atoms with Crippen LogP contribution in [0.25, 0.3) is 11.4 Å². The number of aromatic amines is 1. The molecule has 22 heavy (non-hydrogen) atoms. The molecule has 1 fully saturated rings. The van der Waals surface area contributed by atoms with E-state index in [4.69, 9.17) is 11.6 Å². The van der Waals surface area contributed by atoms with Gasteiger partial charge in [-0.2, -0.15) is 0 Å². The van der Waals surface area contributed by atoms with E-state index in [9.17, 15) is 4.79 Å².